The lowest BCUT2D eigenvalue weighted by molar-refractivity contribution is 0.181. The largest absolute Gasteiger partial charge is 0.466 e. The number of aromatic nitrogens is 4. The summed E-state index contributed by atoms with van der Waals surface area (Å²) >= 11 is 5.98. The molecule has 0 aliphatic rings. The summed E-state index contributed by atoms with van der Waals surface area (Å²) in [5, 5.41) is 4.40. The van der Waals surface area contributed by atoms with Gasteiger partial charge in [0.25, 0.3) is 5.78 Å². The number of nitrogens with zero attached hydrogens (tertiary/aromatic N) is 4. The Kier molecular flexibility index (Phi) is 2.70. The maximum Gasteiger partial charge on any atom is 0.337 e. The van der Waals surface area contributed by atoms with Crippen LogP contribution in [0.5, 0.6) is 6.01 Å². The topological polar surface area (TPSA) is 61.5 Å². The van der Waals surface area contributed by atoms with Crippen molar-refractivity contribution in [3.63, 3.8) is 0 Å². The van der Waals surface area contributed by atoms with E-state index in [1.54, 1.807) is 13.2 Å². The molecule has 0 fully saturated rings. The van der Waals surface area contributed by atoms with Crippen LogP contribution >= 0.6 is 11.6 Å². The van der Waals surface area contributed by atoms with Gasteiger partial charge < -0.3 is 9.47 Å². The third kappa shape index (κ3) is 1.86. The standard InChI is InChI=1S/C8H9ClN4O2/c1-14-4-5-3-6(9)13-7(10-5)11-8(12-13)15-2/h3H,4H2,1-2H3. The maximum absolute atomic E-state index is 5.98. The number of methoxy groups -OCH3 is 2. The second-order valence-corrected chi connectivity index (χ2v) is 3.20. The molecule has 7 heteroatoms. The summed E-state index contributed by atoms with van der Waals surface area (Å²) in [4.78, 5) is 8.21. The average molecular weight is 229 g/mol. The molecule has 0 amide bonds. The summed E-state index contributed by atoms with van der Waals surface area (Å²) in [5.41, 5.74) is 0.699. The summed E-state index contributed by atoms with van der Waals surface area (Å²) in [6.45, 7) is 0.380. The van der Waals surface area contributed by atoms with E-state index >= 15 is 0 Å². The zero-order valence-electron chi connectivity index (χ0n) is 8.27. The van der Waals surface area contributed by atoms with Gasteiger partial charge in [0.05, 0.1) is 19.4 Å². The fourth-order valence-corrected chi connectivity index (χ4v) is 1.41. The van der Waals surface area contributed by atoms with Gasteiger partial charge in [0.2, 0.25) is 0 Å². The van der Waals surface area contributed by atoms with Crippen LogP contribution in [0.2, 0.25) is 5.15 Å². The molecule has 15 heavy (non-hydrogen) atoms. The summed E-state index contributed by atoms with van der Waals surface area (Å²) < 4.78 is 11.2. The molecule has 2 aromatic rings. The van der Waals surface area contributed by atoms with Gasteiger partial charge in [-0.15, -0.1) is 5.10 Å². The molecule has 0 aliphatic heterocycles. The zero-order chi connectivity index (χ0) is 10.8. The Bertz CT molecular complexity index is 485. The van der Waals surface area contributed by atoms with Crippen LogP contribution in [0.4, 0.5) is 0 Å². The fraction of sp³-hybridized carbons (Fsp3) is 0.375. The molecule has 0 bridgehead atoms. The molecular weight excluding hydrogens is 220 g/mol. The van der Waals surface area contributed by atoms with E-state index in [2.05, 4.69) is 15.1 Å². The normalized spacial score (nSPS) is 10.9. The molecule has 0 unspecified atom stereocenters. The molecule has 80 valence electrons. The van der Waals surface area contributed by atoms with Crippen molar-refractivity contribution in [1.82, 2.24) is 19.6 Å². The molecule has 0 spiro atoms. The zero-order valence-corrected chi connectivity index (χ0v) is 9.02. The third-order valence-corrected chi connectivity index (χ3v) is 2.05. The minimum absolute atomic E-state index is 0.235. The number of hydrogen-bond acceptors (Lipinski definition) is 5. The predicted octanol–water partition coefficient (Wildman–Crippen LogP) is 0.933. The van der Waals surface area contributed by atoms with E-state index in [0.29, 0.717) is 23.2 Å². The van der Waals surface area contributed by atoms with Gasteiger partial charge in [0, 0.05) is 7.11 Å². The van der Waals surface area contributed by atoms with Gasteiger partial charge in [-0.1, -0.05) is 11.6 Å². The smallest absolute Gasteiger partial charge is 0.337 e. The molecule has 2 aromatic heterocycles. The van der Waals surface area contributed by atoms with Crippen LogP contribution in [0.1, 0.15) is 5.69 Å². The number of rotatable bonds is 3. The first-order valence-corrected chi connectivity index (χ1v) is 4.57. The first kappa shape index (κ1) is 10.1. The van der Waals surface area contributed by atoms with E-state index in [-0.39, 0.29) is 6.01 Å². The number of ether oxygens (including phenoxy) is 2. The molecule has 0 saturated heterocycles. The van der Waals surface area contributed by atoms with Crippen molar-refractivity contribution in [2.45, 2.75) is 6.61 Å². The molecule has 2 heterocycles. The highest BCUT2D eigenvalue weighted by molar-refractivity contribution is 6.29. The van der Waals surface area contributed by atoms with Crippen LogP contribution in [-0.2, 0) is 11.3 Å². The first-order valence-electron chi connectivity index (χ1n) is 4.19. The molecule has 0 aliphatic carbocycles. The van der Waals surface area contributed by atoms with Crippen molar-refractivity contribution in [2.24, 2.45) is 0 Å². The molecule has 2 rings (SSSR count). The monoisotopic (exact) mass is 228 g/mol. The van der Waals surface area contributed by atoms with Gasteiger partial charge in [0.1, 0.15) is 5.15 Å². The van der Waals surface area contributed by atoms with Crippen LogP contribution < -0.4 is 4.74 Å². The Morgan fingerprint density at radius 3 is 2.87 bits per heavy atom. The van der Waals surface area contributed by atoms with Crippen molar-refractivity contribution in [1.29, 1.82) is 0 Å². The van der Waals surface area contributed by atoms with Crippen LogP contribution in [0.15, 0.2) is 6.07 Å². The van der Waals surface area contributed by atoms with Crippen LogP contribution in [0.25, 0.3) is 5.78 Å². The second-order valence-electron chi connectivity index (χ2n) is 2.81. The third-order valence-electron chi connectivity index (χ3n) is 1.78. The van der Waals surface area contributed by atoms with Crippen molar-refractivity contribution in [3.05, 3.63) is 16.9 Å². The minimum atomic E-state index is 0.235. The molecule has 0 radical (unpaired) electrons. The average Bonchev–Trinajstić information content (AvgIpc) is 2.62. The van der Waals surface area contributed by atoms with Crippen LogP contribution in [-0.4, -0.2) is 33.8 Å². The SMILES string of the molecule is COCc1cc(Cl)n2nc(OC)nc2n1. The lowest BCUT2D eigenvalue weighted by atomic mass is 10.4. The summed E-state index contributed by atoms with van der Waals surface area (Å²) in [5.74, 6) is 0.395. The molecular formula is C8H9ClN4O2. The summed E-state index contributed by atoms with van der Waals surface area (Å²) in [6.07, 6.45) is 0. The first-order chi connectivity index (χ1) is 7.24. The van der Waals surface area contributed by atoms with Gasteiger partial charge in [-0.2, -0.15) is 9.50 Å². The van der Waals surface area contributed by atoms with Crippen molar-refractivity contribution in [2.75, 3.05) is 14.2 Å². The molecule has 0 aromatic carbocycles. The second kappa shape index (κ2) is 4.00. The Morgan fingerprint density at radius 2 is 2.20 bits per heavy atom. The van der Waals surface area contributed by atoms with Gasteiger partial charge in [-0.3, -0.25) is 0 Å². The lowest BCUT2D eigenvalue weighted by Gasteiger charge is -1.99. The van der Waals surface area contributed by atoms with Gasteiger partial charge in [-0.05, 0) is 6.07 Å². The molecule has 0 saturated carbocycles. The predicted molar refractivity (Wildman–Crippen MR) is 53.1 cm³/mol. The Labute approximate surface area is 90.8 Å². The van der Waals surface area contributed by atoms with E-state index in [4.69, 9.17) is 21.1 Å². The Balaban J connectivity index is 2.54. The number of halogens is 1. The Hall–Kier alpha value is -1.40. The van der Waals surface area contributed by atoms with Crippen LogP contribution in [0, 0.1) is 0 Å². The van der Waals surface area contributed by atoms with E-state index in [0.717, 1.165) is 0 Å². The highest BCUT2D eigenvalue weighted by Crippen LogP contribution is 2.14. The van der Waals surface area contributed by atoms with Gasteiger partial charge >= 0.3 is 6.01 Å². The van der Waals surface area contributed by atoms with Gasteiger partial charge in [0.15, 0.2) is 0 Å². The molecule has 6 nitrogen and oxygen atoms in total. The van der Waals surface area contributed by atoms with E-state index in [1.807, 2.05) is 0 Å². The molecule has 0 atom stereocenters. The van der Waals surface area contributed by atoms with Gasteiger partial charge in [-0.25, -0.2) is 4.98 Å². The summed E-state index contributed by atoms with van der Waals surface area (Å²) in [7, 11) is 3.07. The van der Waals surface area contributed by atoms with Crippen molar-refractivity contribution >= 4 is 17.4 Å². The summed E-state index contributed by atoms with van der Waals surface area (Å²) in [6, 6.07) is 1.91. The number of fused-ring (bicyclic) bond motifs is 1. The fourth-order valence-electron chi connectivity index (χ4n) is 1.17. The maximum atomic E-state index is 5.98. The minimum Gasteiger partial charge on any atom is -0.466 e. The highest BCUT2D eigenvalue weighted by atomic mass is 35.5. The lowest BCUT2D eigenvalue weighted by Crippen LogP contribution is -1.98. The Morgan fingerprint density at radius 1 is 1.40 bits per heavy atom. The van der Waals surface area contributed by atoms with E-state index in [1.165, 1.54) is 11.6 Å². The van der Waals surface area contributed by atoms with Crippen molar-refractivity contribution in [3.8, 4) is 6.01 Å². The quantitative estimate of drug-likeness (QED) is 0.732. The number of hydrogen-bond donors (Lipinski definition) is 0. The molecule has 0 N–H and O–H groups in total. The highest BCUT2D eigenvalue weighted by Gasteiger charge is 2.09. The van der Waals surface area contributed by atoms with E-state index in [9.17, 15) is 0 Å². The van der Waals surface area contributed by atoms with Crippen LogP contribution in [0.3, 0.4) is 0 Å². The van der Waals surface area contributed by atoms with E-state index < -0.39 is 0 Å². The van der Waals surface area contributed by atoms with Crippen molar-refractivity contribution < 1.29 is 9.47 Å².